The highest BCUT2D eigenvalue weighted by atomic mass is 16.3. The predicted molar refractivity (Wildman–Crippen MR) is 83.5 cm³/mol. The van der Waals surface area contributed by atoms with Crippen LogP contribution in [0, 0.1) is 0 Å². The lowest BCUT2D eigenvalue weighted by molar-refractivity contribution is -0.130. The van der Waals surface area contributed by atoms with E-state index in [-0.39, 0.29) is 17.7 Å². The first kappa shape index (κ1) is 14.6. The Labute approximate surface area is 129 Å². The normalized spacial score (nSPS) is 18.3. The van der Waals surface area contributed by atoms with Gasteiger partial charge in [-0.3, -0.25) is 4.79 Å². The summed E-state index contributed by atoms with van der Waals surface area (Å²) in [6.45, 7) is 0. The van der Waals surface area contributed by atoms with Gasteiger partial charge in [-0.05, 0) is 48.1 Å². The van der Waals surface area contributed by atoms with Crippen LogP contribution in [0.2, 0.25) is 0 Å². The number of aliphatic hydroxyl groups excluding tert-OH is 1. The molecule has 0 fully saturated rings. The number of aliphatic hydroxyl groups is 1. The largest absolute Gasteiger partial charge is 0.508 e. The third-order valence-electron chi connectivity index (χ3n) is 4.13. The summed E-state index contributed by atoms with van der Waals surface area (Å²) in [7, 11) is 0. The second kappa shape index (κ2) is 6.20. The Bertz CT molecular complexity index is 669. The van der Waals surface area contributed by atoms with Crippen molar-refractivity contribution in [1.82, 2.24) is 5.32 Å². The smallest absolute Gasteiger partial charge is 0.253 e. The molecule has 0 unspecified atom stereocenters. The lowest BCUT2D eigenvalue weighted by atomic mass is 9.88. The van der Waals surface area contributed by atoms with Gasteiger partial charge in [0.2, 0.25) is 0 Å². The van der Waals surface area contributed by atoms with Gasteiger partial charge in [-0.15, -0.1) is 0 Å². The molecule has 0 saturated carbocycles. The zero-order valence-electron chi connectivity index (χ0n) is 12.2. The number of phenolic OH excluding ortho intramolecular Hbond substituents is 1. The highest BCUT2D eigenvalue weighted by Gasteiger charge is 2.24. The number of benzene rings is 2. The molecular formula is C18H19NO3. The lowest BCUT2D eigenvalue weighted by Gasteiger charge is -2.26. The average Bonchev–Trinajstić information content (AvgIpc) is 2.54. The molecule has 1 aliphatic rings. The molecule has 2 aromatic rings. The molecule has 0 aliphatic heterocycles. The number of carbonyl (C=O) groups is 1. The highest BCUT2D eigenvalue weighted by molar-refractivity contribution is 5.82. The van der Waals surface area contributed by atoms with E-state index in [1.807, 2.05) is 12.1 Å². The van der Waals surface area contributed by atoms with E-state index in [2.05, 4.69) is 5.32 Å². The fourth-order valence-electron chi connectivity index (χ4n) is 2.93. The molecule has 4 nitrogen and oxygen atoms in total. The molecule has 0 aromatic heterocycles. The summed E-state index contributed by atoms with van der Waals surface area (Å²) in [5.74, 6) is -0.130. The number of amides is 1. The lowest BCUT2D eigenvalue weighted by Crippen LogP contribution is -2.41. The summed E-state index contributed by atoms with van der Waals surface area (Å²) in [6.07, 6.45) is 1.23. The second-order valence-electron chi connectivity index (χ2n) is 5.71. The van der Waals surface area contributed by atoms with Crippen molar-refractivity contribution in [3.63, 3.8) is 0 Å². The number of fused-ring (bicyclic) bond motifs is 1. The van der Waals surface area contributed by atoms with Crippen molar-refractivity contribution >= 4 is 5.91 Å². The fourth-order valence-corrected chi connectivity index (χ4v) is 2.93. The van der Waals surface area contributed by atoms with Crippen molar-refractivity contribution in [2.45, 2.75) is 31.4 Å². The van der Waals surface area contributed by atoms with Gasteiger partial charge in [0.05, 0.1) is 0 Å². The monoisotopic (exact) mass is 297 g/mol. The third-order valence-corrected chi connectivity index (χ3v) is 4.13. The number of nitrogens with one attached hydrogen (secondary N) is 1. The van der Waals surface area contributed by atoms with Crippen LogP contribution < -0.4 is 5.32 Å². The number of aryl methyl sites for hydroxylation is 1. The van der Waals surface area contributed by atoms with Crippen LogP contribution in [0.1, 0.15) is 29.2 Å². The first-order valence-corrected chi connectivity index (χ1v) is 7.47. The molecule has 114 valence electrons. The molecule has 3 N–H and O–H groups in total. The van der Waals surface area contributed by atoms with Crippen LogP contribution in [0.5, 0.6) is 5.75 Å². The van der Waals surface area contributed by atoms with Crippen molar-refractivity contribution in [2.75, 3.05) is 0 Å². The number of rotatable bonds is 3. The maximum absolute atomic E-state index is 12.2. The van der Waals surface area contributed by atoms with Gasteiger partial charge in [0.25, 0.3) is 5.91 Å². The van der Waals surface area contributed by atoms with Gasteiger partial charge in [-0.2, -0.15) is 0 Å². The summed E-state index contributed by atoms with van der Waals surface area (Å²) in [5, 5.41) is 22.6. The molecular weight excluding hydrogens is 278 g/mol. The van der Waals surface area contributed by atoms with Gasteiger partial charge in [-0.1, -0.05) is 36.4 Å². The number of hydrogen-bond acceptors (Lipinski definition) is 3. The van der Waals surface area contributed by atoms with E-state index in [1.165, 1.54) is 5.56 Å². The second-order valence-corrected chi connectivity index (χ2v) is 5.71. The summed E-state index contributed by atoms with van der Waals surface area (Å²) < 4.78 is 0. The van der Waals surface area contributed by atoms with Gasteiger partial charge in [0, 0.05) is 6.04 Å². The number of phenols is 1. The molecule has 1 aliphatic carbocycles. The van der Waals surface area contributed by atoms with Crippen LogP contribution in [0.15, 0.2) is 48.5 Å². The Balaban J connectivity index is 1.66. The van der Waals surface area contributed by atoms with E-state index >= 15 is 0 Å². The molecule has 1 amide bonds. The molecule has 0 bridgehead atoms. The van der Waals surface area contributed by atoms with Gasteiger partial charge in [-0.25, -0.2) is 0 Å². The van der Waals surface area contributed by atoms with Gasteiger partial charge < -0.3 is 15.5 Å². The van der Waals surface area contributed by atoms with Crippen molar-refractivity contribution < 1.29 is 15.0 Å². The van der Waals surface area contributed by atoms with E-state index in [4.69, 9.17) is 0 Å². The Morgan fingerprint density at radius 1 is 1.14 bits per heavy atom. The van der Waals surface area contributed by atoms with Crippen LogP contribution in [-0.2, 0) is 17.6 Å². The Morgan fingerprint density at radius 2 is 1.91 bits per heavy atom. The molecule has 2 aromatic carbocycles. The third kappa shape index (κ3) is 3.12. The topological polar surface area (TPSA) is 69.6 Å². The van der Waals surface area contributed by atoms with Gasteiger partial charge >= 0.3 is 0 Å². The van der Waals surface area contributed by atoms with E-state index in [0.29, 0.717) is 12.0 Å². The summed E-state index contributed by atoms with van der Waals surface area (Å²) in [4.78, 5) is 12.2. The minimum atomic E-state index is -1.15. The van der Waals surface area contributed by atoms with Crippen LogP contribution in [0.3, 0.4) is 0 Å². The Morgan fingerprint density at radius 3 is 2.68 bits per heavy atom. The van der Waals surface area contributed by atoms with E-state index in [9.17, 15) is 15.0 Å². The first-order valence-electron chi connectivity index (χ1n) is 7.47. The van der Waals surface area contributed by atoms with Crippen molar-refractivity contribution in [1.29, 1.82) is 0 Å². The molecule has 2 atom stereocenters. The average molecular weight is 297 g/mol. The van der Waals surface area contributed by atoms with Crippen LogP contribution in [0.25, 0.3) is 0 Å². The van der Waals surface area contributed by atoms with Crippen molar-refractivity contribution in [3.8, 4) is 5.75 Å². The Hall–Kier alpha value is -2.33. The van der Waals surface area contributed by atoms with E-state index < -0.39 is 6.10 Å². The van der Waals surface area contributed by atoms with Crippen LogP contribution in [0.4, 0.5) is 0 Å². The fraction of sp³-hybridized carbons (Fsp3) is 0.278. The minimum absolute atomic E-state index is 0.0137. The standard InChI is InChI=1S/C18H19NO3/c20-16-9-7-12-6-8-15(10-14(12)11-16)19-18(22)17(21)13-4-2-1-3-5-13/h1-5,7,9,11,15,17,20-21H,6,8,10H2,(H,19,22)/t15-,17+/m1/s1. The SMILES string of the molecule is O=C(N[C@@H]1CCc2ccc(O)cc2C1)[C@@H](O)c1ccccc1. The number of carbonyl (C=O) groups excluding carboxylic acids is 1. The maximum Gasteiger partial charge on any atom is 0.253 e. The summed E-state index contributed by atoms with van der Waals surface area (Å²) in [6, 6.07) is 14.3. The zero-order valence-corrected chi connectivity index (χ0v) is 12.2. The van der Waals surface area contributed by atoms with Crippen LogP contribution >= 0.6 is 0 Å². The highest BCUT2D eigenvalue weighted by Crippen LogP contribution is 2.25. The predicted octanol–water partition coefficient (Wildman–Crippen LogP) is 2.10. The van der Waals surface area contributed by atoms with Gasteiger partial charge in [0.15, 0.2) is 6.10 Å². The molecule has 0 radical (unpaired) electrons. The van der Waals surface area contributed by atoms with Crippen molar-refractivity contribution in [3.05, 3.63) is 65.2 Å². The zero-order chi connectivity index (χ0) is 15.5. The molecule has 0 saturated heterocycles. The van der Waals surface area contributed by atoms with E-state index in [1.54, 1.807) is 36.4 Å². The molecule has 0 heterocycles. The van der Waals surface area contributed by atoms with Gasteiger partial charge in [0.1, 0.15) is 5.75 Å². The number of hydrogen-bond donors (Lipinski definition) is 3. The minimum Gasteiger partial charge on any atom is -0.508 e. The number of aromatic hydroxyl groups is 1. The quantitative estimate of drug-likeness (QED) is 0.812. The molecule has 0 spiro atoms. The first-order chi connectivity index (χ1) is 10.6. The molecule has 3 rings (SSSR count). The summed E-state index contributed by atoms with van der Waals surface area (Å²) >= 11 is 0. The van der Waals surface area contributed by atoms with E-state index in [0.717, 1.165) is 18.4 Å². The molecule has 22 heavy (non-hydrogen) atoms. The summed E-state index contributed by atoms with van der Waals surface area (Å²) in [5.41, 5.74) is 2.87. The molecule has 4 heteroatoms. The van der Waals surface area contributed by atoms with Crippen LogP contribution in [-0.4, -0.2) is 22.2 Å². The Kier molecular flexibility index (Phi) is 4.11. The van der Waals surface area contributed by atoms with Crippen molar-refractivity contribution in [2.24, 2.45) is 0 Å². The maximum atomic E-state index is 12.2.